The molecule has 1 unspecified atom stereocenters. The molecule has 1 aliphatic heterocycles. The highest BCUT2D eigenvalue weighted by Crippen LogP contribution is 2.33. The summed E-state index contributed by atoms with van der Waals surface area (Å²) in [7, 11) is 0. The lowest BCUT2D eigenvalue weighted by atomic mass is 9.92. The smallest absolute Gasteiger partial charge is 0.389 e. The lowest BCUT2D eigenvalue weighted by molar-refractivity contribution is -0.143. The van der Waals surface area contributed by atoms with Gasteiger partial charge in [-0.3, -0.25) is 4.79 Å². The van der Waals surface area contributed by atoms with E-state index >= 15 is 0 Å². The molecule has 1 atom stereocenters. The molecule has 1 heterocycles. The van der Waals surface area contributed by atoms with Gasteiger partial charge in [0.25, 0.3) is 0 Å². The topological polar surface area (TPSA) is 26.3 Å². The molecule has 5 heteroatoms. The summed E-state index contributed by atoms with van der Waals surface area (Å²) >= 11 is 0. The van der Waals surface area contributed by atoms with Crippen molar-refractivity contribution in [3.63, 3.8) is 0 Å². The van der Waals surface area contributed by atoms with Gasteiger partial charge in [0, 0.05) is 0 Å². The Morgan fingerprint density at radius 1 is 1.41 bits per heavy atom. The molecule has 1 aromatic rings. The molecule has 1 aromatic carbocycles. The van der Waals surface area contributed by atoms with Gasteiger partial charge in [-0.1, -0.05) is 6.07 Å². The quantitative estimate of drug-likeness (QED) is 0.758. The first-order valence-corrected chi connectivity index (χ1v) is 5.21. The molecule has 0 saturated carbocycles. The van der Waals surface area contributed by atoms with E-state index < -0.39 is 24.3 Å². The fourth-order valence-corrected chi connectivity index (χ4v) is 1.87. The Hall–Kier alpha value is -1.52. The highest BCUT2D eigenvalue weighted by Gasteiger charge is 2.38. The first kappa shape index (κ1) is 12.0. The van der Waals surface area contributed by atoms with Crippen LogP contribution in [0.25, 0.3) is 0 Å². The maximum Gasteiger partial charge on any atom is 0.389 e. The molecule has 0 bridgehead atoms. The van der Waals surface area contributed by atoms with Crippen molar-refractivity contribution >= 4 is 5.78 Å². The number of carbonyl (C=O) groups is 1. The number of alkyl halides is 3. The zero-order valence-electron chi connectivity index (χ0n) is 9.17. The van der Waals surface area contributed by atoms with Crippen molar-refractivity contribution in [1.82, 2.24) is 0 Å². The zero-order valence-corrected chi connectivity index (χ0v) is 9.17. The third-order valence-electron chi connectivity index (χ3n) is 2.69. The average Bonchev–Trinajstić information content (AvgIpc) is 2.20. The summed E-state index contributed by atoms with van der Waals surface area (Å²) in [6, 6.07) is 4.88. The highest BCUT2D eigenvalue weighted by atomic mass is 19.4. The van der Waals surface area contributed by atoms with Crippen molar-refractivity contribution in [1.29, 1.82) is 0 Å². The van der Waals surface area contributed by atoms with E-state index in [-0.39, 0.29) is 12.2 Å². The number of Topliss-reactive ketones (excluding diaryl/α,β-unsaturated/α-hetero) is 1. The minimum atomic E-state index is -4.34. The summed E-state index contributed by atoms with van der Waals surface area (Å²) in [4.78, 5) is 11.8. The van der Waals surface area contributed by atoms with Gasteiger partial charge in [-0.15, -0.1) is 0 Å². The maximum absolute atomic E-state index is 12.2. The number of halogens is 3. The molecule has 0 radical (unpaired) electrons. The van der Waals surface area contributed by atoms with E-state index in [1.807, 2.05) is 6.92 Å². The molecule has 0 amide bonds. The molecule has 92 valence electrons. The first-order valence-electron chi connectivity index (χ1n) is 5.21. The predicted octanol–water partition coefficient (Wildman–Crippen LogP) is 3.14. The van der Waals surface area contributed by atoms with E-state index in [0.717, 1.165) is 5.56 Å². The summed E-state index contributed by atoms with van der Waals surface area (Å²) in [6.45, 7) is 1.63. The van der Waals surface area contributed by atoms with E-state index in [1.165, 1.54) is 6.07 Å². The number of rotatable bonds is 1. The van der Waals surface area contributed by atoms with Gasteiger partial charge in [-0.25, -0.2) is 0 Å². The highest BCUT2D eigenvalue weighted by molar-refractivity contribution is 6.01. The molecular formula is C12H11F3O2. The monoisotopic (exact) mass is 244 g/mol. The van der Waals surface area contributed by atoms with Gasteiger partial charge in [-0.05, 0) is 24.6 Å². The first-order chi connectivity index (χ1) is 7.87. The number of hydrogen-bond donors (Lipinski definition) is 0. The Bertz CT molecular complexity index is 452. The van der Waals surface area contributed by atoms with E-state index in [0.29, 0.717) is 5.75 Å². The van der Waals surface area contributed by atoms with Gasteiger partial charge in [0.15, 0.2) is 5.78 Å². The van der Waals surface area contributed by atoms with Gasteiger partial charge in [-0.2, -0.15) is 13.2 Å². The second-order valence-electron chi connectivity index (χ2n) is 4.19. The standard InChI is InChI=1S/C12H11F3O2/c1-7-2-3-9-10(4-7)17-6-8(11(9)16)5-12(13,14)15/h2-4,8H,5-6H2,1H3. The Labute approximate surface area is 96.4 Å². The predicted molar refractivity (Wildman–Crippen MR) is 55.2 cm³/mol. The van der Waals surface area contributed by atoms with Crippen LogP contribution in [-0.4, -0.2) is 18.6 Å². The normalized spacial score (nSPS) is 19.8. The molecule has 2 nitrogen and oxygen atoms in total. The number of hydrogen-bond acceptors (Lipinski definition) is 2. The average molecular weight is 244 g/mol. The molecular weight excluding hydrogens is 233 g/mol. The molecule has 0 spiro atoms. The van der Waals surface area contributed by atoms with Gasteiger partial charge in [0.1, 0.15) is 5.75 Å². The molecule has 0 aliphatic carbocycles. The van der Waals surface area contributed by atoms with Crippen molar-refractivity contribution < 1.29 is 22.7 Å². The number of carbonyl (C=O) groups excluding carboxylic acids is 1. The fourth-order valence-electron chi connectivity index (χ4n) is 1.87. The lowest BCUT2D eigenvalue weighted by Gasteiger charge is -2.25. The van der Waals surface area contributed by atoms with Crippen LogP contribution in [0.3, 0.4) is 0 Å². The fraction of sp³-hybridized carbons (Fsp3) is 0.417. The summed E-state index contributed by atoms with van der Waals surface area (Å²) in [6.07, 6.45) is -5.47. The summed E-state index contributed by atoms with van der Waals surface area (Å²) < 4.78 is 41.9. The van der Waals surface area contributed by atoms with E-state index in [9.17, 15) is 18.0 Å². The number of aryl methyl sites for hydroxylation is 1. The van der Waals surface area contributed by atoms with Crippen molar-refractivity contribution in [2.75, 3.05) is 6.61 Å². The van der Waals surface area contributed by atoms with Crippen molar-refractivity contribution in [3.05, 3.63) is 29.3 Å². The van der Waals surface area contributed by atoms with E-state index in [2.05, 4.69) is 0 Å². The van der Waals surface area contributed by atoms with E-state index in [1.54, 1.807) is 12.1 Å². The van der Waals surface area contributed by atoms with Gasteiger partial charge in [0.2, 0.25) is 0 Å². The molecule has 0 aromatic heterocycles. The van der Waals surface area contributed by atoms with Crippen molar-refractivity contribution in [2.45, 2.75) is 19.5 Å². The number of ketones is 1. The van der Waals surface area contributed by atoms with Crippen LogP contribution in [0.1, 0.15) is 22.3 Å². The van der Waals surface area contributed by atoms with Crippen molar-refractivity contribution in [3.8, 4) is 5.75 Å². The Morgan fingerprint density at radius 2 is 2.12 bits per heavy atom. The van der Waals surface area contributed by atoms with E-state index in [4.69, 9.17) is 4.74 Å². The Kier molecular flexibility index (Phi) is 2.85. The van der Waals surface area contributed by atoms with Gasteiger partial charge >= 0.3 is 6.18 Å². The third-order valence-corrected chi connectivity index (χ3v) is 2.69. The molecule has 1 aliphatic rings. The third kappa shape index (κ3) is 2.60. The molecule has 0 N–H and O–H groups in total. The van der Waals surface area contributed by atoms with Crippen LogP contribution in [-0.2, 0) is 0 Å². The summed E-state index contributed by atoms with van der Waals surface area (Å²) in [5.74, 6) is -1.22. The number of benzene rings is 1. The minimum absolute atomic E-state index is 0.200. The van der Waals surface area contributed by atoms with Gasteiger partial charge < -0.3 is 4.74 Å². The van der Waals surface area contributed by atoms with Crippen LogP contribution in [0.4, 0.5) is 13.2 Å². The van der Waals surface area contributed by atoms with Crippen LogP contribution < -0.4 is 4.74 Å². The second kappa shape index (κ2) is 4.05. The summed E-state index contributed by atoms with van der Waals surface area (Å²) in [5.41, 5.74) is 1.15. The van der Waals surface area contributed by atoms with Crippen LogP contribution in [0.2, 0.25) is 0 Å². The number of fused-ring (bicyclic) bond motifs is 1. The second-order valence-corrected chi connectivity index (χ2v) is 4.19. The van der Waals surface area contributed by atoms with Crippen LogP contribution in [0.5, 0.6) is 5.75 Å². The Balaban J connectivity index is 2.25. The zero-order chi connectivity index (χ0) is 12.6. The number of ether oxygens (including phenoxy) is 1. The Morgan fingerprint density at radius 3 is 2.76 bits per heavy atom. The lowest BCUT2D eigenvalue weighted by Crippen LogP contribution is -2.31. The molecule has 0 saturated heterocycles. The molecule has 17 heavy (non-hydrogen) atoms. The SMILES string of the molecule is Cc1ccc2c(c1)OCC(CC(F)(F)F)C2=O. The minimum Gasteiger partial charge on any atom is -0.492 e. The van der Waals surface area contributed by atoms with Gasteiger partial charge in [0.05, 0.1) is 24.5 Å². The van der Waals surface area contributed by atoms with Crippen molar-refractivity contribution in [2.24, 2.45) is 5.92 Å². The summed E-state index contributed by atoms with van der Waals surface area (Å²) in [5, 5.41) is 0. The van der Waals surface area contributed by atoms with Crippen LogP contribution in [0.15, 0.2) is 18.2 Å². The maximum atomic E-state index is 12.2. The van der Waals surface area contributed by atoms with Crippen LogP contribution >= 0.6 is 0 Å². The molecule has 0 fully saturated rings. The van der Waals surface area contributed by atoms with Crippen LogP contribution in [0, 0.1) is 12.8 Å². The molecule has 2 rings (SSSR count). The largest absolute Gasteiger partial charge is 0.492 e.